The summed E-state index contributed by atoms with van der Waals surface area (Å²) < 4.78 is 47.5. The predicted octanol–water partition coefficient (Wildman–Crippen LogP) is 5.48. The summed E-state index contributed by atoms with van der Waals surface area (Å²) >= 11 is 0. The molecule has 5 fully saturated rings. The number of rotatable bonds is 13. The van der Waals surface area contributed by atoms with Crippen LogP contribution in [0.1, 0.15) is 116 Å². The van der Waals surface area contributed by atoms with Gasteiger partial charge in [-0.25, -0.2) is 18.2 Å². The lowest BCUT2D eigenvalue weighted by Gasteiger charge is -2.37. The Morgan fingerprint density at radius 1 is 1.01 bits per heavy atom. The Balaban J connectivity index is 1.13. The second-order valence-corrected chi connectivity index (χ2v) is 22.9. The lowest BCUT2D eigenvalue weighted by molar-refractivity contribution is -0.143. The molecule has 67 heavy (non-hydrogen) atoms. The molecular formula is C50H73N7O9S. The summed E-state index contributed by atoms with van der Waals surface area (Å²) in [5, 5.41) is 6.75. The molecule has 2 aromatic rings. The van der Waals surface area contributed by atoms with Crippen LogP contribution in [0, 0.1) is 17.8 Å². The Bertz CT molecular complexity index is 2260. The summed E-state index contributed by atoms with van der Waals surface area (Å²) in [6, 6.07) is 5.75. The standard InChI is InChI=1S/C50H73N7O9S/c1-6-33(2)50(4,47(60)54-67(62,63)49(3)22-23-49)53-44(58)40-31-36-32-57(40)46(59)42(34-16-9-7-10-17-34)52-48(61)66-41-30-35(41)18-11-8-12-20-38-43(37-19-13-14-21-39(37)51-45(38)65-36)64-29-15-24-56-27-25-55(5)26-28-56/h6,13-14,19,21,33-36,40-42H,1,7-12,15-18,20,22-32H2,2-5H3,(H,52,61)(H,53,58)(H,54,60). The minimum atomic E-state index is -4.06. The van der Waals surface area contributed by atoms with Crippen molar-refractivity contribution in [2.24, 2.45) is 17.8 Å². The van der Waals surface area contributed by atoms with E-state index in [1.165, 1.54) is 17.9 Å². The number of nitrogens with zero attached hydrogens (tertiary/aromatic N) is 4. The van der Waals surface area contributed by atoms with Crippen LogP contribution in [0.4, 0.5) is 4.79 Å². The second-order valence-electron chi connectivity index (χ2n) is 20.7. The molecule has 4 heterocycles. The first-order valence-corrected chi connectivity index (χ1v) is 26.5. The number of para-hydroxylation sites is 1. The molecule has 3 saturated carbocycles. The van der Waals surface area contributed by atoms with Gasteiger partial charge in [0.05, 0.1) is 29.0 Å². The van der Waals surface area contributed by atoms with Crippen LogP contribution in [0.3, 0.4) is 0 Å². The summed E-state index contributed by atoms with van der Waals surface area (Å²) in [7, 11) is -1.90. The van der Waals surface area contributed by atoms with E-state index in [4.69, 9.17) is 19.2 Å². The zero-order valence-electron chi connectivity index (χ0n) is 40.1. The average Bonchev–Trinajstić information content (AvgIpc) is 4.21. The van der Waals surface area contributed by atoms with Gasteiger partial charge in [-0.05, 0) is 103 Å². The van der Waals surface area contributed by atoms with Gasteiger partial charge >= 0.3 is 6.09 Å². The Morgan fingerprint density at radius 2 is 1.72 bits per heavy atom. The van der Waals surface area contributed by atoms with Gasteiger partial charge < -0.3 is 39.5 Å². The molecule has 1 aromatic heterocycles. The number of likely N-dealkylation sites (N-methyl/N-ethyl adjacent to an activating group) is 1. The molecule has 3 aliphatic heterocycles. The number of hydrogen-bond acceptors (Lipinski definition) is 12. The monoisotopic (exact) mass is 948 g/mol. The van der Waals surface area contributed by atoms with Crippen molar-refractivity contribution in [3.63, 3.8) is 0 Å². The average molecular weight is 948 g/mol. The van der Waals surface area contributed by atoms with Crippen LogP contribution in [0.2, 0.25) is 0 Å². The largest absolute Gasteiger partial charge is 0.492 e. The number of nitrogens with one attached hydrogen (secondary N) is 3. The van der Waals surface area contributed by atoms with Crippen LogP contribution < -0.4 is 24.8 Å². The highest BCUT2D eigenvalue weighted by molar-refractivity contribution is 7.91. The third-order valence-electron chi connectivity index (χ3n) is 15.7. The fourth-order valence-corrected chi connectivity index (χ4v) is 11.7. The van der Waals surface area contributed by atoms with Crippen molar-refractivity contribution >= 4 is 44.7 Å². The van der Waals surface area contributed by atoms with Gasteiger partial charge in [-0.1, -0.05) is 57.2 Å². The smallest absolute Gasteiger partial charge is 0.408 e. The number of sulfonamides is 1. The topological polar surface area (TPSA) is 189 Å². The second kappa shape index (κ2) is 20.6. The molecule has 2 saturated heterocycles. The molecule has 4 amide bonds. The van der Waals surface area contributed by atoms with Crippen LogP contribution in [-0.4, -0.2) is 139 Å². The van der Waals surface area contributed by atoms with E-state index in [1.807, 2.05) is 24.3 Å². The third-order valence-corrected chi connectivity index (χ3v) is 17.9. The highest BCUT2D eigenvalue weighted by atomic mass is 32.2. The molecule has 1 aromatic carbocycles. The maximum Gasteiger partial charge on any atom is 0.408 e. The molecule has 7 atom stereocenters. The van der Waals surface area contributed by atoms with Gasteiger partial charge in [-0.2, -0.15) is 0 Å². The van der Waals surface area contributed by atoms with E-state index in [1.54, 1.807) is 13.8 Å². The van der Waals surface area contributed by atoms with Crippen molar-refractivity contribution in [3.8, 4) is 11.6 Å². The lowest BCUT2D eigenvalue weighted by atomic mass is 9.83. The Kier molecular flexibility index (Phi) is 15.1. The molecule has 3 aliphatic carbocycles. The zero-order valence-corrected chi connectivity index (χ0v) is 40.9. The summed E-state index contributed by atoms with van der Waals surface area (Å²) in [6.45, 7) is 14.2. The van der Waals surface area contributed by atoms with Crippen LogP contribution in [0.25, 0.3) is 10.9 Å². The first-order chi connectivity index (χ1) is 32.1. The molecule has 368 valence electrons. The maximum absolute atomic E-state index is 15.2. The van der Waals surface area contributed by atoms with Crippen LogP contribution in [-0.2, 0) is 35.6 Å². The number of amides is 4. The summed E-state index contributed by atoms with van der Waals surface area (Å²) in [4.78, 5) is 69.2. The summed E-state index contributed by atoms with van der Waals surface area (Å²) in [5.74, 6) is -1.52. The maximum atomic E-state index is 15.2. The first-order valence-electron chi connectivity index (χ1n) is 25.0. The van der Waals surface area contributed by atoms with E-state index in [0.717, 1.165) is 120 Å². The van der Waals surface area contributed by atoms with Crippen molar-refractivity contribution < 1.29 is 41.8 Å². The van der Waals surface area contributed by atoms with E-state index in [0.29, 0.717) is 37.3 Å². The summed E-state index contributed by atoms with van der Waals surface area (Å²) in [6.07, 6.45) is 11.0. The van der Waals surface area contributed by atoms with Gasteiger partial charge in [0.25, 0.3) is 5.91 Å². The minimum absolute atomic E-state index is 0.0105. The van der Waals surface area contributed by atoms with E-state index in [9.17, 15) is 22.8 Å². The molecule has 17 heteroatoms. The van der Waals surface area contributed by atoms with E-state index >= 15 is 4.79 Å². The number of carbonyl (C=O) groups excluding carboxylic acids is 4. The van der Waals surface area contributed by atoms with Crippen molar-refractivity contribution in [1.82, 2.24) is 35.0 Å². The van der Waals surface area contributed by atoms with Gasteiger partial charge in [0.15, 0.2) is 0 Å². The van der Waals surface area contributed by atoms with Crippen molar-refractivity contribution in [1.29, 1.82) is 0 Å². The molecule has 0 radical (unpaired) electrons. The molecule has 3 N–H and O–H groups in total. The van der Waals surface area contributed by atoms with Crippen LogP contribution >= 0.6 is 0 Å². The number of piperazine rings is 1. The van der Waals surface area contributed by atoms with Gasteiger partial charge in [0, 0.05) is 50.4 Å². The Labute approximate surface area is 396 Å². The Morgan fingerprint density at radius 3 is 2.43 bits per heavy atom. The number of aromatic nitrogens is 1. The quantitative estimate of drug-likeness (QED) is 0.170. The fourth-order valence-electron chi connectivity index (χ4n) is 10.4. The zero-order chi connectivity index (χ0) is 47.5. The first kappa shape index (κ1) is 49.0. The molecule has 8 rings (SSSR count). The van der Waals surface area contributed by atoms with Crippen molar-refractivity contribution in [2.75, 3.05) is 52.9 Å². The normalized spacial score (nSPS) is 27.9. The molecule has 2 bridgehead atoms. The minimum Gasteiger partial charge on any atom is -0.492 e. The Hall–Kier alpha value is -4.48. The fraction of sp³-hybridized carbons (Fsp3) is 0.700. The number of ether oxygens (including phenoxy) is 3. The van der Waals surface area contributed by atoms with Crippen LogP contribution in [0.5, 0.6) is 11.6 Å². The van der Waals surface area contributed by atoms with E-state index in [2.05, 4.69) is 38.8 Å². The van der Waals surface area contributed by atoms with Crippen molar-refractivity contribution in [3.05, 3.63) is 42.5 Å². The predicted molar refractivity (Wildman–Crippen MR) is 255 cm³/mol. The highest BCUT2D eigenvalue weighted by Gasteiger charge is 2.54. The van der Waals surface area contributed by atoms with E-state index in [-0.39, 0.29) is 30.9 Å². The van der Waals surface area contributed by atoms with Gasteiger partial charge in [0.1, 0.15) is 35.6 Å². The number of hydrogen-bond donors (Lipinski definition) is 3. The lowest BCUT2D eigenvalue weighted by Crippen LogP contribution is -2.64. The van der Waals surface area contributed by atoms with Gasteiger partial charge in [0.2, 0.25) is 27.7 Å². The SMILES string of the molecule is C=CC(C)C(C)(NC(=O)C1CC2CN1C(=O)C(C1CCCCC1)NC(=O)OC1CC1CCCCCc1c(nc3ccccc3c1OCCCN1CCN(C)CC1)O2)C(=O)NS(=O)(=O)C1(C)CC1. The van der Waals surface area contributed by atoms with Crippen molar-refractivity contribution in [2.45, 2.75) is 152 Å². The third kappa shape index (κ3) is 11.2. The molecule has 0 spiro atoms. The highest BCUT2D eigenvalue weighted by Crippen LogP contribution is 2.43. The number of pyridine rings is 1. The van der Waals surface area contributed by atoms with Crippen LogP contribution in [0.15, 0.2) is 36.9 Å². The van der Waals surface area contributed by atoms with Gasteiger partial charge in [-0.3, -0.25) is 19.1 Å². The molecule has 6 aliphatic rings. The number of benzene rings is 1. The van der Waals surface area contributed by atoms with Gasteiger partial charge in [-0.15, -0.1) is 6.58 Å². The summed E-state index contributed by atoms with van der Waals surface area (Å²) in [5.41, 5.74) is -0.223. The molecule has 16 nitrogen and oxygen atoms in total. The molecule has 7 unspecified atom stereocenters. The number of fused-ring (bicyclic) bond motifs is 5. The number of alkyl carbamates (subject to hydrolysis) is 1. The van der Waals surface area contributed by atoms with E-state index < -0.39 is 68.2 Å². The molecular weight excluding hydrogens is 875 g/mol. The number of carbonyl (C=O) groups is 4.